The van der Waals surface area contributed by atoms with Crippen LogP contribution >= 0.6 is 0 Å². The predicted molar refractivity (Wildman–Crippen MR) is 208 cm³/mol. The van der Waals surface area contributed by atoms with Gasteiger partial charge in [-0.15, -0.1) is 0 Å². The molecule has 7 nitrogen and oxygen atoms in total. The zero-order chi connectivity index (χ0) is 36.7. The van der Waals surface area contributed by atoms with Crippen LogP contribution in [0.25, 0.3) is 56.2 Å². The van der Waals surface area contributed by atoms with Gasteiger partial charge in [-0.2, -0.15) is 0 Å². The van der Waals surface area contributed by atoms with Crippen LogP contribution in [0, 0.1) is 22.5 Å². The third-order valence-corrected chi connectivity index (χ3v) is 8.52. The highest BCUT2D eigenvalue weighted by Crippen LogP contribution is 2.34. The summed E-state index contributed by atoms with van der Waals surface area (Å²) in [5.74, 6) is -0.929. The minimum absolute atomic E-state index is 0.0480. The summed E-state index contributed by atoms with van der Waals surface area (Å²) in [7, 11) is 0. The second-order valence-corrected chi connectivity index (χ2v) is 12.0. The molecule has 7 aromatic rings. The Hall–Kier alpha value is -7.26. The lowest BCUT2D eigenvalue weighted by Crippen LogP contribution is -2.16. The van der Waals surface area contributed by atoms with E-state index < -0.39 is 11.6 Å². The number of nitrogens with zero attached hydrogens (tertiary/aromatic N) is 4. The first kappa shape index (κ1) is 34.2. The van der Waals surface area contributed by atoms with Gasteiger partial charge in [0.2, 0.25) is 0 Å². The van der Waals surface area contributed by atoms with E-state index in [1.165, 1.54) is 18.2 Å². The fraction of sp³-hybridized carbons (Fsp3) is 0. The number of halogens is 2. The highest BCUT2D eigenvalue weighted by Gasteiger charge is 2.21. The molecule has 1 aliphatic rings. The van der Waals surface area contributed by atoms with E-state index in [0.717, 1.165) is 5.69 Å². The molecule has 0 bridgehead atoms. The van der Waals surface area contributed by atoms with Crippen LogP contribution in [0.15, 0.2) is 164 Å². The zero-order valence-corrected chi connectivity index (χ0v) is 28.2. The Labute approximate surface area is 305 Å². The lowest BCUT2D eigenvalue weighted by Gasteiger charge is -2.18. The van der Waals surface area contributed by atoms with E-state index in [-0.39, 0.29) is 11.4 Å². The van der Waals surface area contributed by atoms with Gasteiger partial charge in [-0.3, -0.25) is 30.8 Å². The molecule has 53 heavy (non-hydrogen) atoms. The minimum atomic E-state index is -0.482. The van der Waals surface area contributed by atoms with Crippen molar-refractivity contribution in [2.45, 2.75) is 0 Å². The van der Waals surface area contributed by atoms with Gasteiger partial charge in [0.1, 0.15) is 11.6 Å². The summed E-state index contributed by atoms with van der Waals surface area (Å²) in [5.41, 5.74) is 12.6. The van der Waals surface area contributed by atoms with Crippen molar-refractivity contribution in [2.24, 2.45) is 0 Å². The third kappa shape index (κ3) is 7.74. The number of aromatic nitrogens is 4. The van der Waals surface area contributed by atoms with Crippen molar-refractivity contribution in [1.29, 1.82) is 10.8 Å². The van der Waals surface area contributed by atoms with Crippen molar-refractivity contribution in [3.05, 3.63) is 187 Å². The molecule has 1 aliphatic carbocycles. The predicted octanol–water partition coefficient (Wildman–Crippen LogP) is 10.0. The molecule has 0 radical (unpaired) electrons. The molecule has 256 valence electrons. The number of para-hydroxylation sites is 1. The van der Waals surface area contributed by atoms with Crippen molar-refractivity contribution >= 4 is 28.3 Å². The normalized spacial score (nSPS) is 12.3. The molecule has 0 saturated carbocycles. The van der Waals surface area contributed by atoms with E-state index in [1.807, 2.05) is 66.7 Å². The summed E-state index contributed by atoms with van der Waals surface area (Å²) < 4.78 is 31.2. The van der Waals surface area contributed by atoms with E-state index in [1.54, 1.807) is 79.4 Å². The maximum Gasteiger partial charge on any atom is 0.131 e. The van der Waals surface area contributed by atoms with Gasteiger partial charge in [0, 0.05) is 47.2 Å². The number of rotatable bonds is 6. The van der Waals surface area contributed by atoms with E-state index in [4.69, 9.17) is 16.6 Å². The molecule has 8 rings (SSSR count). The number of hydrogen-bond acceptors (Lipinski definition) is 7. The van der Waals surface area contributed by atoms with Crippen LogP contribution in [0.5, 0.6) is 0 Å². The lowest BCUT2D eigenvalue weighted by atomic mass is 9.87. The summed E-state index contributed by atoms with van der Waals surface area (Å²) in [6.07, 6.45) is 9.81. The zero-order valence-electron chi connectivity index (χ0n) is 28.2. The Kier molecular flexibility index (Phi) is 9.89. The number of nitrogens with two attached hydrogens (primary N) is 1. The van der Waals surface area contributed by atoms with Crippen LogP contribution in [0.3, 0.4) is 0 Å². The Morgan fingerprint density at radius 2 is 0.962 bits per heavy atom. The molecule has 0 fully saturated rings. The molecule has 4 heterocycles. The van der Waals surface area contributed by atoms with Crippen LogP contribution in [0.4, 0.5) is 14.5 Å². The maximum atomic E-state index is 15.6. The number of anilines is 1. The summed E-state index contributed by atoms with van der Waals surface area (Å²) in [4.78, 5) is 17.4. The first-order valence-electron chi connectivity index (χ1n) is 16.6. The fourth-order valence-electron chi connectivity index (χ4n) is 5.84. The average Bonchev–Trinajstić information content (AvgIpc) is 3.20. The molecule has 0 atom stereocenters. The first-order chi connectivity index (χ1) is 25.8. The Morgan fingerprint density at radius 1 is 0.453 bits per heavy atom. The summed E-state index contributed by atoms with van der Waals surface area (Å²) in [6.45, 7) is 0. The lowest BCUT2D eigenvalue weighted by molar-refractivity contribution is 0.630. The first-order valence-corrected chi connectivity index (χ1v) is 16.6. The van der Waals surface area contributed by atoms with Crippen LogP contribution in [0.2, 0.25) is 0 Å². The number of pyridine rings is 4. The Bertz CT molecular complexity index is 2520. The van der Waals surface area contributed by atoms with Crippen LogP contribution in [-0.2, 0) is 0 Å². The molecule has 4 N–H and O–H groups in total. The molecule has 0 unspecified atom stereocenters. The number of hydrogen-bond donors (Lipinski definition) is 3. The highest BCUT2D eigenvalue weighted by atomic mass is 19.1. The number of benzene rings is 3. The van der Waals surface area contributed by atoms with Crippen molar-refractivity contribution in [1.82, 2.24) is 19.9 Å². The molecule has 0 aliphatic heterocycles. The largest absolute Gasteiger partial charge is 0.399 e. The molecular weight excluding hydrogens is 665 g/mol. The minimum Gasteiger partial charge on any atom is -0.399 e. The van der Waals surface area contributed by atoms with Crippen LogP contribution < -0.4 is 5.73 Å². The van der Waals surface area contributed by atoms with Crippen LogP contribution in [-0.4, -0.2) is 31.4 Å². The molecule has 4 aromatic heterocycles. The second kappa shape index (κ2) is 15.3. The van der Waals surface area contributed by atoms with Gasteiger partial charge in [-0.25, -0.2) is 8.78 Å². The van der Waals surface area contributed by atoms with Gasteiger partial charge >= 0.3 is 0 Å². The van der Waals surface area contributed by atoms with Crippen molar-refractivity contribution in [3.63, 3.8) is 0 Å². The van der Waals surface area contributed by atoms with E-state index in [2.05, 4.69) is 19.9 Å². The standard InChI is InChI=1S/C38H24F2N6.C6H7N/c39-31-18-23(7-9-28(31)25-11-15-45-36(21-25)34-5-1-3-13-43-34)27-17-30(38(42)33(41)20-27)24-8-10-29(32(40)19-24)26-12-16-46-37(22-26)35-6-2-4-14-44-35;7-6-4-2-1-3-5-6/h1-22,41-42H;1-5H,7H2. The van der Waals surface area contributed by atoms with Gasteiger partial charge in [0.15, 0.2) is 0 Å². The van der Waals surface area contributed by atoms with Crippen molar-refractivity contribution in [2.75, 3.05) is 5.73 Å². The van der Waals surface area contributed by atoms with Gasteiger partial charge in [0.05, 0.1) is 34.2 Å². The summed E-state index contributed by atoms with van der Waals surface area (Å²) >= 11 is 0. The average molecular weight is 696 g/mol. The number of nitrogens with one attached hydrogen (secondary N) is 2. The van der Waals surface area contributed by atoms with E-state index in [9.17, 15) is 0 Å². The summed E-state index contributed by atoms with van der Waals surface area (Å²) in [5, 5.41) is 17.0. The van der Waals surface area contributed by atoms with Gasteiger partial charge in [0.25, 0.3) is 0 Å². The topological polar surface area (TPSA) is 125 Å². The Balaban J connectivity index is 0.000000559. The molecule has 9 heteroatoms. The fourth-order valence-corrected chi connectivity index (χ4v) is 5.84. The number of nitrogen functional groups attached to an aromatic ring is 1. The molecule has 0 spiro atoms. The maximum absolute atomic E-state index is 15.6. The smallest absolute Gasteiger partial charge is 0.131 e. The van der Waals surface area contributed by atoms with Crippen LogP contribution in [0.1, 0.15) is 11.1 Å². The highest BCUT2D eigenvalue weighted by molar-refractivity contribution is 6.61. The van der Waals surface area contributed by atoms with E-state index in [0.29, 0.717) is 67.3 Å². The van der Waals surface area contributed by atoms with Gasteiger partial charge in [-0.1, -0.05) is 54.6 Å². The molecule has 0 amide bonds. The van der Waals surface area contributed by atoms with Gasteiger partial charge in [-0.05, 0) is 113 Å². The third-order valence-electron chi connectivity index (χ3n) is 8.52. The Morgan fingerprint density at radius 3 is 1.45 bits per heavy atom. The monoisotopic (exact) mass is 695 g/mol. The summed E-state index contributed by atoms with van der Waals surface area (Å²) in [6, 6.07) is 37.2. The van der Waals surface area contributed by atoms with E-state index >= 15 is 8.78 Å². The van der Waals surface area contributed by atoms with Crippen molar-refractivity contribution in [3.8, 4) is 45.0 Å². The SMILES string of the molecule is N=C1C=C(c2ccc(-c3ccnc(-c4ccccn4)c3)c(F)c2)C=C(c2ccc(-c3ccnc(-c4ccccn4)c3)c(F)c2)C1=N.Nc1ccccc1. The second-order valence-electron chi connectivity index (χ2n) is 12.0. The van der Waals surface area contributed by atoms with Crippen molar-refractivity contribution < 1.29 is 8.78 Å². The van der Waals surface area contributed by atoms with Gasteiger partial charge < -0.3 is 5.73 Å². The number of allylic oxidation sites excluding steroid dienone is 4. The molecule has 3 aromatic carbocycles. The quantitative estimate of drug-likeness (QED) is 0.118. The molecular formula is C44H31F2N7. The molecule has 0 saturated heterocycles.